The van der Waals surface area contributed by atoms with Crippen molar-refractivity contribution in [1.29, 1.82) is 0 Å². The summed E-state index contributed by atoms with van der Waals surface area (Å²) in [4.78, 5) is 0. The standard InChI is InChI=1S/C12H18BNO3/c1-8(14)10-6-9(7-15-10)13-16-11(2,3)12(4,5)17-13/h6-7H,1,14H2,2-5H3. The number of hydrogen-bond acceptors (Lipinski definition) is 4. The van der Waals surface area contributed by atoms with Crippen LogP contribution in [0.4, 0.5) is 0 Å². The summed E-state index contributed by atoms with van der Waals surface area (Å²) in [6, 6.07) is 1.80. The van der Waals surface area contributed by atoms with Crippen molar-refractivity contribution in [3.8, 4) is 0 Å². The summed E-state index contributed by atoms with van der Waals surface area (Å²) in [6.07, 6.45) is 1.59. The third-order valence-electron chi connectivity index (χ3n) is 3.46. The fourth-order valence-electron chi connectivity index (χ4n) is 1.62. The van der Waals surface area contributed by atoms with E-state index < -0.39 is 7.12 Å². The molecule has 1 fully saturated rings. The Hall–Kier alpha value is -1.20. The summed E-state index contributed by atoms with van der Waals surface area (Å²) >= 11 is 0. The Morgan fingerprint density at radius 2 is 1.76 bits per heavy atom. The largest absolute Gasteiger partial charge is 0.498 e. The molecule has 4 nitrogen and oxygen atoms in total. The van der Waals surface area contributed by atoms with Gasteiger partial charge in [0.2, 0.25) is 0 Å². The van der Waals surface area contributed by atoms with Crippen molar-refractivity contribution in [3.05, 3.63) is 24.7 Å². The van der Waals surface area contributed by atoms with Crippen molar-refractivity contribution >= 4 is 18.3 Å². The quantitative estimate of drug-likeness (QED) is 0.789. The van der Waals surface area contributed by atoms with Crippen LogP contribution >= 0.6 is 0 Å². The highest BCUT2D eigenvalue weighted by atomic mass is 16.7. The van der Waals surface area contributed by atoms with E-state index in [4.69, 9.17) is 19.5 Å². The van der Waals surface area contributed by atoms with E-state index >= 15 is 0 Å². The zero-order valence-electron chi connectivity index (χ0n) is 10.7. The molecule has 0 saturated carbocycles. The molecule has 0 radical (unpaired) electrons. The third-order valence-corrected chi connectivity index (χ3v) is 3.46. The van der Waals surface area contributed by atoms with Gasteiger partial charge in [-0.1, -0.05) is 6.58 Å². The summed E-state index contributed by atoms with van der Waals surface area (Å²) in [5.41, 5.74) is 6.08. The smallest absolute Gasteiger partial charge is 0.463 e. The summed E-state index contributed by atoms with van der Waals surface area (Å²) in [6.45, 7) is 11.7. The van der Waals surface area contributed by atoms with Crippen LogP contribution in [0.2, 0.25) is 0 Å². The zero-order chi connectivity index (χ0) is 12.8. The Bertz CT molecular complexity index is 434. The Balaban J connectivity index is 2.23. The maximum atomic E-state index is 5.89. The summed E-state index contributed by atoms with van der Waals surface area (Å²) < 4.78 is 17.1. The highest BCUT2D eigenvalue weighted by molar-refractivity contribution is 6.62. The first kappa shape index (κ1) is 12.3. The maximum Gasteiger partial charge on any atom is 0.498 e. The first-order valence-corrected chi connectivity index (χ1v) is 5.62. The molecule has 0 aromatic carbocycles. The van der Waals surface area contributed by atoms with Crippen LogP contribution in [-0.4, -0.2) is 18.3 Å². The minimum atomic E-state index is -0.420. The monoisotopic (exact) mass is 235 g/mol. The highest BCUT2D eigenvalue weighted by Gasteiger charge is 2.52. The lowest BCUT2D eigenvalue weighted by Crippen LogP contribution is -2.41. The van der Waals surface area contributed by atoms with Gasteiger partial charge in [-0.15, -0.1) is 0 Å². The van der Waals surface area contributed by atoms with Gasteiger partial charge in [0.05, 0.1) is 23.2 Å². The van der Waals surface area contributed by atoms with Crippen LogP contribution in [0.25, 0.3) is 5.70 Å². The number of hydrogen-bond donors (Lipinski definition) is 1. The first-order chi connectivity index (χ1) is 7.73. The molecular weight excluding hydrogens is 217 g/mol. The lowest BCUT2D eigenvalue weighted by molar-refractivity contribution is 0.00578. The Morgan fingerprint density at radius 1 is 1.24 bits per heavy atom. The number of nitrogens with two attached hydrogens (primary N) is 1. The predicted molar refractivity (Wildman–Crippen MR) is 67.6 cm³/mol. The van der Waals surface area contributed by atoms with Crippen LogP contribution < -0.4 is 11.2 Å². The molecular formula is C12H18BNO3. The number of furan rings is 1. The van der Waals surface area contributed by atoms with Gasteiger partial charge in [0, 0.05) is 5.46 Å². The van der Waals surface area contributed by atoms with E-state index in [1.165, 1.54) is 0 Å². The molecule has 1 saturated heterocycles. The molecule has 2 heterocycles. The highest BCUT2D eigenvalue weighted by Crippen LogP contribution is 2.36. The van der Waals surface area contributed by atoms with Gasteiger partial charge in [0.25, 0.3) is 0 Å². The van der Waals surface area contributed by atoms with Crippen molar-refractivity contribution in [2.75, 3.05) is 0 Å². The van der Waals surface area contributed by atoms with Crippen molar-refractivity contribution in [3.63, 3.8) is 0 Å². The molecule has 92 valence electrons. The van der Waals surface area contributed by atoms with Gasteiger partial charge in [-0.05, 0) is 33.8 Å². The van der Waals surface area contributed by atoms with Crippen LogP contribution in [-0.2, 0) is 9.31 Å². The van der Waals surface area contributed by atoms with Gasteiger partial charge in [-0.25, -0.2) is 0 Å². The average molecular weight is 235 g/mol. The van der Waals surface area contributed by atoms with E-state index in [9.17, 15) is 0 Å². The van der Waals surface area contributed by atoms with Gasteiger partial charge in [0.1, 0.15) is 5.76 Å². The van der Waals surface area contributed by atoms with E-state index in [2.05, 4.69) is 6.58 Å². The molecule has 2 N–H and O–H groups in total. The topological polar surface area (TPSA) is 57.6 Å². The van der Waals surface area contributed by atoms with Crippen molar-refractivity contribution in [2.45, 2.75) is 38.9 Å². The molecule has 2 rings (SSSR count). The fourth-order valence-corrected chi connectivity index (χ4v) is 1.62. The first-order valence-electron chi connectivity index (χ1n) is 5.62. The Kier molecular flexibility index (Phi) is 2.63. The molecule has 0 bridgehead atoms. The normalized spacial score (nSPS) is 21.8. The summed E-state index contributed by atoms with van der Waals surface area (Å²) in [7, 11) is -0.420. The fraction of sp³-hybridized carbons (Fsp3) is 0.500. The van der Waals surface area contributed by atoms with Crippen molar-refractivity contribution in [1.82, 2.24) is 0 Å². The van der Waals surface area contributed by atoms with E-state index in [0.29, 0.717) is 11.5 Å². The second kappa shape index (κ2) is 3.65. The van der Waals surface area contributed by atoms with E-state index in [0.717, 1.165) is 5.46 Å². The minimum absolute atomic E-state index is 0.352. The maximum absolute atomic E-state index is 5.89. The van der Waals surface area contributed by atoms with Gasteiger partial charge in [-0.3, -0.25) is 0 Å². The molecule has 0 unspecified atom stereocenters. The summed E-state index contributed by atoms with van der Waals surface area (Å²) in [5.74, 6) is 0.551. The van der Waals surface area contributed by atoms with Crippen LogP contribution in [0.15, 0.2) is 23.3 Å². The van der Waals surface area contributed by atoms with E-state index in [1.54, 1.807) is 12.3 Å². The molecule has 0 amide bonds. The lowest BCUT2D eigenvalue weighted by Gasteiger charge is -2.32. The second-order valence-corrected chi connectivity index (χ2v) is 5.36. The third kappa shape index (κ3) is 2.00. The van der Waals surface area contributed by atoms with Gasteiger partial charge in [0.15, 0.2) is 0 Å². The molecule has 0 atom stereocenters. The lowest BCUT2D eigenvalue weighted by atomic mass is 9.81. The van der Waals surface area contributed by atoms with Crippen LogP contribution in [0.1, 0.15) is 33.5 Å². The van der Waals surface area contributed by atoms with Crippen molar-refractivity contribution < 1.29 is 13.7 Å². The summed E-state index contributed by atoms with van der Waals surface area (Å²) in [5, 5.41) is 0. The molecule has 1 aliphatic rings. The van der Waals surface area contributed by atoms with Gasteiger partial charge >= 0.3 is 7.12 Å². The van der Waals surface area contributed by atoms with Crippen LogP contribution in [0, 0.1) is 0 Å². The van der Waals surface area contributed by atoms with E-state index in [1.807, 2.05) is 27.7 Å². The Morgan fingerprint density at radius 3 is 2.18 bits per heavy atom. The second-order valence-electron chi connectivity index (χ2n) is 5.36. The predicted octanol–water partition coefficient (Wildman–Crippen LogP) is 1.51. The molecule has 1 aromatic heterocycles. The van der Waals surface area contributed by atoms with E-state index in [-0.39, 0.29) is 11.2 Å². The molecule has 0 spiro atoms. The molecule has 1 aliphatic heterocycles. The molecule has 0 aliphatic carbocycles. The van der Waals surface area contributed by atoms with Crippen LogP contribution in [0.3, 0.4) is 0 Å². The zero-order valence-corrected chi connectivity index (χ0v) is 10.7. The number of rotatable bonds is 2. The molecule has 17 heavy (non-hydrogen) atoms. The van der Waals surface area contributed by atoms with Gasteiger partial charge in [-0.2, -0.15) is 0 Å². The minimum Gasteiger partial charge on any atom is -0.463 e. The Labute approximate surface area is 102 Å². The van der Waals surface area contributed by atoms with Gasteiger partial charge < -0.3 is 19.5 Å². The average Bonchev–Trinajstić information content (AvgIpc) is 2.70. The SMILES string of the molecule is C=C(N)c1cc(B2OC(C)(C)C(C)(C)O2)co1. The molecule has 1 aromatic rings. The van der Waals surface area contributed by atoms with Crippen molar-refractivity contribution in [2.24, 2.45) is 5.73 Å². The van der Waals surface area contributed by atoms with Crippen LogP contribution in [0.5, 0.6) is 0 Å². The molecule has 5 heteroatoms.